The monoisotopic (exact) mass is 166 g/mol. The average Bonchev–Trinajstić information content (AvgIpc) is 1.68. The Morgan fingerprint density at radius 3 is 1.38 bits per heavy atom. The molecule has 0 aromatic carbocycles. The maximum atomic E-state index is 9.92. The molecule has 0 spiro atoms. The fourth-order valence-electron chi connectivity index (χ4n) is 0.0680. The van der Waals surface area contributed by atoms with Gasteiger partial charge in [0.1, 0.15) is 0 Å². The van der Waals surface area contributed by atoms with E-state index in [-0.39, 0.29) is 37.7 Å². The predicted octanol–water partition coefficient (Wildman–Crippen LogP) is -0.476. The van der Waals surface area contributed by atoms with Gasteiger partial charge in [0.15, 0.2) is 0 Å². The Morgan fingerprint density at radius 2 is 1.38 bits per heavy atom. The molecule has 0 atom stereocenters. The molecule has 0 heterocycles. The van der Waals surface area contributed by atoms with Crippen molar-refractivity contribution in [1.29, 1.82) is 0 Å². The SMILES string of the molecule is COS(=O)(=O)OC.[Ar]. The van der Waals surface area contributed by atoms with E-state index in [1.54, 1.807) is 0 Å². The molecule has 52 valence electrons. The van der Waals surface area contributed by atoms with Crippen LogP contribution in [-0.4, -0.2) is 22.6 Å². The topological polar surface area (TPSA) is 52.6 Å². The van der Waals surface area contributed by atoms with Crippen LogP contribution < -0.4 is 0 Å². The van der Waals surface area contributed by atoms with Crippen LogP contribution in [0.2, 0.25) is 0 Å². The molecule has 0 aromatic heterocycles. The Bertz CT molecular complexity index is 117. The van der Waals surface area contributed by atoms with Gasteiger partial charge in [0.05, 0.1) is 14.2 Å². The minimum atomic E-state index is -3.66. The molecule has 0 aliphatic heterocycles. The van der Waals surface area contributed by atoms with Gasteiger partial charge in [-0.15, -0.1) is 0 Å². The fourth-order valence-corrected chi connectivity index (χ4v) is 0.204. The molecular weight excluding hydrogens is 160 g/mol. The van der Waals surface area contributed by atoms with Crippen molar-refractivity contribution < 1.29 is 54.5 Å². The third kappa shape index (κ3) is 5.27. The smallest absolute Gasteiger partial charge is 0.252 e. The fraction of sp³-hybridized carbons (Fsp3) is 1.00. The van der Waals surface area contributed by atoms with Crippen LogP contribution in [0.3, 0.4) is 0 Å². The van der Waals surface area contributed by atoms with Gasteiger partial charge in [0.25, 0.3) is 0 Å². The number of hydrogen-bond donors (Lipinski definition) is 0. The van der Waals surface area contributed by atoms with Gasteiger partial charge < -0.3 is 0 Å². The van der Waals surface area contributed by atoms with Gasteiger partial charge >= 0.3 is 10.4 Å². The first kappa shape index (κ1) is 11.9. The van der Waals surface area contributed by atoms with Crippen LogP contribution in [0.1, 0.15) is 0 Å². The molecule has 8 heavy (non-hydrogen) atoms. The molecule has 0 aliphatic rings. The molecule has 0 aromatic rings. The zero-order valence-electron chi connectivity index (χ0n) is 4.39. The third-order valence-corrected chi connectivity index (χ3v) is 1.22. The largest absolute Gasteiger partial charge is 0.399 e. The molecule has 0 aliphatic carbocycles. The maximum Gasteiger partial charge on any atom is 0.399 e. The van der Waals surface area contributed by atoms with E-state index in [1.807, 2.05) is 0 Å². The summed E-state index contributed by atoms with van der Waals surface area (Å²) < 4.78 is 27.5. The van der Waals surface area contributed by atoms with Crippen LogP contribution in [0.4, 0.5) is 0 Å². The molecule has 0 saturated carbocycles. The van der Waals surface area contributed by atoms with Crippen LogP contribution in [-0.2, 0) is 18.8 Å². The van der Waals surface area contributed by atoms with Gasteiger partial charge in [0.2, 0.25) is 0 Å². The zero-order chi connectivity index (χ0) is 5.91. The van der Waals surface area contributed by atoms with E-state index in [0.29, 0.717) is 0 Å². The molecule has 6 heteroatoms. The van der Waals surface area contributed by atoms with Gasteiger partial charge in [-0.1, -0.05) is 0 Å². The van der Waals surface area contributed by atoms with E-state index in [1.165, 1.54) is 0 Å². The van der Waals surface area contributed by atoms with Crippen LogP contribution >= 0.6 is 0 Å². The summed E-state index contributed by atoms with van der Waals surface area (Å²) in [6.07, 6.45) is 0. The Morgan fingerprint density at radius 1 is 1.12 bits per heavy atom. The van der Waals surface area contributed by atoms with E-state index in [2.05, 4.69) is 8.37 Å². The second-order valence-electron chi connectivity index (χ2n) is 0.742. The molecule has 0 radical (unpaired) electrons. The van der Waals surface area contributed by atoms with E-state index < -0.39 is 10.4 Å². The summed E-state index contributed by atoms with van der Waals surface area (Å²) in [5.74, 6) is 0. The summed E-state index contributed by atoms with van der Waals surface area (Å²) in [5.41, 5.74) is 0. The third-order valence-electron chi connectivity index (χ3n) is 0.408. The minimum absolute atomic E-state index is 0. The van der Waals surface area contributed by atoms with E-state index in [4.69, 9.17) is 0 Å². The van der Waals surface area contributed by atoms with Crippen molar-refractivity contribution in [1.82, 2.24) is 0 Å². The Kier molecular flexibility index (Phi) is 7.36. The second kappa shape index (κ2) is 4.96. The van der Waals surface area contributed by atoms with Crippen molar-refractivity contribution in [2.24, 2.45) is 0 Å². The van der Waals surface area contributed by atoms with Crippen LogP contribution in [0.5, 0.6) is 0 Å². The van der Waals surface area contributed by atoms with Crippen molar-refractivity contribution in [3.05, 3.63) is 0 Å². The molecule has 4 nitrogen and oxygen atoms in total. The molecule has 0 bridgehead atoms. The Balaban J connectivity index is 0. The second-order valence-corrected chi connectivity index (χ2v) is 2.22. The maximum absolute atomic E-state index is 9.92. The molecular formula is C2H6ArO4S. The van der Waals surface area contributed by atoms with Crippen molar-refractivity contribution in [2.45, 2.75) is 0 Å². The van der Waals surface area contributed by atoms with Gasteiger partial charge in [-0.25, -0.2) is 0 Å². The van der Waals surface area contributed by atoms with E-state index >= 15 is 0 Å². The van der Waals surface area contributed by atoms with E-state index in [9.17, 15) is 8.42 Å². The van der Waals surface area contributed by atoms with Gasteiger partial charge in [-0.05, 0) is 0 Å². The van der Waals surface area contributed by atoms with Crippen LogP contribution in [0.15, 0.2) is 0 Å². The number of hydrogen-bond acceptors (Lipinski definition) is 4. The normalized spacial score (nSPS) is 10.2. The Hall–Kier alpha value is 1.13. The summed E-state index contributed by atoms with van der Waals surface area (Å²) in [7, 11) is -1.60. The molecule has 0 rings (SSSR count). The van der Waals surface area contributed by atoms with Gasteiger partial charge in [-0.3, -0.25) is 8.37 Å². The minimum Gasteiger partial charge on any atom is -0.252 e. The van der Waals surface area contributed by atoms with Crippen LogP contribution in [0.25, 0.3) is 0 Å². The van der Waals surface area contributed by atoms with Crippen molar-refractivity contribution in [3.63, 3.8) is 0 Å². The first-order valence-corrected chi connectivity index (χ1v) is 2.82. The molecule has 0 unspecified atom stereocenters. The quantitative estimate of drug-likeness (QED) is 0.556. The Labute approximate surface area is 78.5 Å². The summed E-state index contributed by atoms with van der Waals surface area (Å²) in [6, 6.07) is 0. The summed E-state index contributed by atoms with van der Waals surface area (Å²) >= 11 is 0. The summed E-state index contributed by atoms with van der Waals surface area (Å²) in [5, 5.41) is 0. The molecule has 0 amide bonds. The average molecular weight is 166 g/mol. The van der Waals surface area contributed by atoms with Crippen molar-refractivity contribution in [2.75, 3.05) is 14.2 Å². The van der Waals surface area contributed by atoms with Crippen molar-refractivity contribution >= 4 is 10.4 Å². The van der Waals surface area contributed by atoms with Gasteiger partial charge in [-0.2, -0.15) is 8.42 Å². The van der Waals surface area contributed by atoms with Crippen molar-refractivity contribution in [3.8, 4) is 0 Å². The van der Waals surface area contributed by atoms with Crippen LogP contribution in [0, 0.1) is 37.7 Å². The summed E-state index contributed by atoms with van der Waals surface area (Å²) in [4.78, 5) is 0. The predicted molar refractivity (Wildman–Crippen MR) is 22.9 cm³/mol. The molecule has 0 fully saturated rings. The van der Waals surface area contributed by atoms with Gasteiger partial charge in [0, 0.05) is 37.7 Å². The van der Waals surface area contributed by atoms with E-state index in [0.717, 1.165) is 14.2 Å². The first-order chi connectivity index (χ1) is 3.12. The standard InChI is InChI=1S/C2H6O4S.Ar/c1-5-7(3,4)6-2;/h1-2H3;. The molecule has 0 N–H and O–H groups in total. The zero-order valence-corrected chi connectivity index (χ0v) is 5.92. The number of rotatable bonds is 2. The summed E-state index contributed by atoms with van der Waals surface area (Å²) in [6.45, 7) is 0. The first-order valence-electron chi connectivity index (χ1n) is 1.48. The molecule has 0 saturated heterocycles.